The summed E-state index contributed by atoms with van der Waals surface area (Å²) >= 11 is 0. The highest BCUT2D eigenvalue weighted by Gasteiger charge is 2.40. The van der Waals surface area contributed by atoms with Gasteiger partial charge in [-0.25, -0.2) is 4.79 Å². The minimum atomic E-state index is -5.08. The van der Waals surface area contributed by atoms with Crippen molar-refractivity contribution in [2.75, 3.05) is 6.54 Å². The number of aliphatic carboxylic acids is 1. The number of hydrogen-bond acceptors (Lipinski definition) is 5. The summed E-state index contributed by atoms with van der Waals surface area (Å²) in [6, 6.07) is 5.24. The van der Waals surface area contributed by atoms with Gasteiger partial charge in [-0.05, 0) is 49.4 Å². The first-order valence-electron chi connectivity index (χ1n) is 9.81. The topological polar surface area (TPSA) is 130 Å². The summed E-state index contributed by atoms with van der Waals surface area (Å²) in [6.45, 7) is 1.15. The van der Waals surface area contributed by atoms with Crippen LogP contribution < -0.4 is 11.1 Å². The van der Waals surface area contributed by atoms with E-state index in [9.17, 15) is 27.6 Å². The number of carbonyl (C=O) groups is 4. The first kappa shape index (κ1) is 24.3. The second kappa shape index (κ2) is 10.4. The molecule has 2 heterocycles. The minimum absolute atomic E-state index is 0.108. The molecule has 0 radical (unpaired) electrons. The van der Waals surface area contributed by atoms with Crippen molar-refractivity contribution >= 4 is 23.7 Å². The van der Waals surface area contributed by atoms with Crippen molar-refractivity contribution in [3.8, 4) is 0 Å². The molecule has 2 aliphatic heterocycles. The predicted octanol–water partition coefficient (Wildman–Crippen LogP) is 1.75. The van der Waals surface area contributed by atoms with Crippen LogP contribution in [-0.2, 0) is 27.3 Å². The van der Waals surface area contributed by atoms with Gasteiger partial charge >= 0.3 is 12.1 Å². The number of nitrogens with zero attached hydrogens (tertiary/aromatic N) is 1. The van der Waals surface area contributed by atoms with E-state index >= 15 is 0 Å². The number of hydrogen-bond donors (Lipinski definition) is 3. The lowest BCUT2D eigenvalue weighted by atomic mass is 9.98. The predicted molar refractivity (Wildman–Crippen MR) is 103 cm³/mol. The van der Waals surface area contributed by atoms with Crippen LogP contribution in [0.1, 0.15) is 53.6 Å². The van der Waals surface area contributed by atoms with Gasteiger partial charge in [0.2, 0.25) is 11.8 Å². The van der Waals surface area contributed by atoms with Crippen LogP contribution in [0, 0.1) is 0 Å². The zero-order chi connectivity index (χ0) is 23.2. The van der Waals surface area contributed by atoms with Gasteiger partial charge in [-0.3, -0.25) is 19.7 Å². The number of nitrogens with one attached hydrogen (secondary N) is 1. The molecule has 170 valence electrons. The number of carboxylic acid groups (broad SMARTS) is 1. The lowest BCUT2D eigenvalue weighted by Gasteiger charge is -2.29. The van der Waals surface area contributed by atoms with Gasteiger partial charge in [0.1, 0.15) is 6.04 Å². The molecule has 1 fully saturated rings. The van der Waals surface area contributed by atoms with Crippen LogP contribution in [0.2, 0.25) is 0 Å². The van der Waals surface area contributed by atoms with Gasteiger partial charge in [0.15, 0.2) is 0 Å². The lowest BCUT2D eigenvalue weighted by molar-refractivity contribution is -0.192. The van der Waals surface area contributed by atoms with Gasteiger partial charge in [0.05, 0.1) is 0 Å². The van der Waals surface area contributed by atoms with Crippen molar-refractivity contribution in [2.45, 2.75) is 57.3 Å². The molecule has 3 rings (SSSR count). The van der Waals surface area contributed by atoms with Gasteiger partial charge in [-0.15, -0.1) is 0 Å². The number of fused-ring (bicyclic) bond motifs is 1. The van der Waals surface area contributed by atoms with Crippen molar-refractivity contribution in [1.29, 1.82) is 0 Å². The molecule has 2 aliphatic rings. The summed E-state index contributed by atoms with van der Waals surface area (Å²) in [7, 11) is 0. The van der Waals surface area contributed by atoms with Crippen molar-refractivity contribution in [3.63, 3.8) is 0 Å². The molecule has 0 saturated carbocycles. The van der Waals surface area contributed by atoms with E-state index in [4.69, 9.17) is 15.6 Å². The highest BCUT2D eigenvalue weighted by molar-refractivity contribution is 6.05. The lowest BCUT2D eigenvalue weighted by Crippen LogP contribution is -2.52. The van der Waals surface area contributed by atoms with Gasteiger partial charge in [0, 0.05) is 18.5 Å². The number of aryl methyl sites for hydroxylation is 1. The summed E-state index contributed by atoms with van der Waals surface area (Å²) in [5, 5.41) is 9.46. The third kappa shape index (κ3) is 6.27. The van der Waals surface area contributed by atoms with E-state index in [0.717, 1.165) is 31.2 Å². The number of halogens is 3. The molecule has 0 bridgehead atoms. The monoisotopic (exact) mass is 443 g/mol. The molecule has 31 heavy (non-hydrogen) atoms. The molecule has 3 amide bonds. The van der Waals surface area contributed by atoms with Crippen LogP contribution in [0.4, 0.5) is 13.2 Å². The molecule has 11 heteroatoms. The number of amides is 3. The van der Waals surface area contributed by atoms with E-state index in [-0.39, 0.29) is 24.1 Å². The Balaban J connectivity index is 0.000000423. The number of unbranched alkanes of at least 4 members (excludes halogenated alkanes) is 2. The molecule has 1 saturated heterocycles. The second-order valence-electron chi connectivity index (χ2n) is 7.25. The highest BCUT2D eigenvalue weighted by Crippen LogP contribution is 2.30. The van der Waals surface area contributed by atoms with E-state index in [0.29, 0.717) is 25.1 Å². The quantitative estimate of drug-likeness (QED) is 0.454. The largest absolute Gasteiger partial charge is 0.490 e. The summed E-state index contributed by atoms with van der Waals surface area (Å²) < 4.78 is 31.7. The summed E-state index contributed by atoms with van der Waals surface area (Å²) in [6.07, 6.45) is -0.361. The molecule has 1 aromatic rings. The second-order valence-corrected chi connectivity index (χ2v) is 7.25. The smallest absolute Gasteiger partial charge is 0.475 e. The maximum absolute atomic E-state index is 12.7. The highest BCUT2D eigenvalue weighted by atomic mass is 19.4. The van der Waals surface area contributed by atoms with E-state index in [1.54, 1.807) is 4.90 Å². The molecule has 1 aromatic carbocycles. The molecule has 4 N–H and O–H groups in total. The Morgan fingerprint density at radius 1 is 1.19 bits per heavy atom. The van der Waals surface area contributed by atoms with Crippen LogP contribution >= 0.6 is 0 Å². The molecular formula is C20H24F3N3O5. The van der Waals surface area contributed by atoms with E-state index in [2.05, 4.69) is 11.4 Å². The first-order valence-corrected chi connectivity index (χ1v) is 9.81. The van der Waals surface area contributed by atoms with Crippen LogP contribution in [0.15, 0.2) is 18.2 Å². The van der Waals surface area contributed by atoms with Gasteiger partial charge in [-0.2, -0.15) is 13.2 Å². The fraction of sp³-hybridized carbons (Fsp3) is 0.500. The Morgan fingerprint density at radius 2 is 1.87 bits per heavy atom. The number of piperidine rings is 1. The van der Waals surface area contributed by atoms with Crippen molar-refractivity contribution < 1.29 is 37.5 Å². The first-order chi connectivity index (χ1) is 14.6. The number of nitrogens with two attached hydrogens (primary N) is 1. The fourth-order valence-electron chi connectivity index (χ4n) is 3.52. The molecule has 1 atom stereocenters. The standard InChI is InChI=1S/C18H23N3O3.C2HF3O2/c19-10-3-1-2-5-12-6-4-7-13-14(12)11-21(18(13)24)15-8-9-16(22)20-17(15)23;3-2(4,5)1(6)7/h4,6-7,15H,1-3,5,8-11,19H2,(H,20,22,23);(H,6,7). The van der Waals surface area contributed by atoms with Gasteiger partial charge < -0.3 is 15.7 Å². The van der Waals surface area contributed by atoms with Crippen molar-refractivity contribution in [3.05, 3.63) is 34.9 Å². The minimum Gasteiger partial charge on any atom is -0.475 e. The number of benzene rings is 1. The third-order valence-corrected chi connectivity index (χ3v) is 5.07. The molecule has 1 unspecified atom stereocenters. The summed E-state index contributed by atoms with van der Waals surface area (Å²) in [5.74, 6) is -3.49. The molecular weight excluding hydrogens is 419 g/mol. The Labute approximate surface area is 176 Å². The number of imide groups is 1. The van der Waals surface area contributed by atoms with Gasteiger partial charge in [0.25, 0.3) is 5.91 Å². The Bertz CT molecular complexity index is 857. The van der Waals surface area contributed by atoms with E-state index in [1.807, 2.05) is 12.1 Å². The number of rotatable bonds is 6. The maximum Gasteiger partial charge on any atom is 0.490 e. The SMILES string of the molecule is NCCCCCc1cccc2c1CN(C1CCC(=O)NC1=O)C2=O.O=C(O)C(F)(F)F. The average molecular weight is 443 g/mol. The molecule has 8 nitrogen and oxygen atoms in total. The zero-order valence-electron chi connectivity index (χ0n) is 16.7. The van der Waals surface area contributed by atoms with E-state index in [1.165, 1.54) is 5.56 Å². The maximum atomic E-state index is 12.7. The third-order valence-electron chi connectivity index (χ3n) is 5.07. The Hall–Kier alpha value is -2.95. The summed E-state index contributed by atoms with van der Waals surface area (Å²) in [5.41, 5.74) is 8.42. The van der Waals surface area contributed by atoms with Crippen LogP contribution in [0.3, 0.4) is 0 Å². The van der Waals surface area contributed by atoms with E-state index < -0.39 is 18.2 Å². The van der Waals surface area contributed by atoms with Crippen molar-refractivity contribution in [2.24, 2.45) is 5.73 Å². The zero-order valence-corrected chi connectivity index (χ0v) is 16.7. The molecule has 0 spiro atoms. The average Bonchev–Trinajstić information content (AvgIpc) is 3.02. The van der Waals surface area contributed by atoms with Crippen LogP contribution in [0.5, 0.6) is 0 Å². The number of carboxylic acids is 1. The Morgan fingerprint density at radius 3 is 2.45 bits per heavy atom. The summed E-state index contributed by atoms with van der Waals surface area (Å²) in [4.78, 5) is 46.6. The number of alkyl halides is 3. The van der Waals surface area contributed by atoms with Gasteiger partial charge in [-0.1, -0.05) is 18.6 Å². The molecule has 0 aromatic heterocycles. The van der Waals surface area contributed by atoms with Crippen LogP contribution in [0.25, 0.3) is 0 Å². The van der Waals surface area contributed by atoms with Crippen molar-refractivity contribution in [1.82, 2.24) is 10.2 Å². The fourth-order valence-corrected chi connectivity index (χ4v) is 3.52. The Kier molecular flexibility index (Phi) is 8.14. The molecule has 0 aliphatic carbocycles. The number of carbonyl (C=O) groups excluding carboxylic acids is 3. The normalized spacial score (nSPS) is 18.3. The van der Waals surface area contributed by atoms with Crippen LogP contribution in [-0.4, -0.2) is 52.5 Å².